The van der Waals surface area contributed by atoms with E-state index in [9.17, 15) is 4.79 Å². The number of hydrogen-bond acceptors (Lipinski definition) is 3. The predicted octanol–water partition coefficient (Wildman–Crippen LogP) is 2.68. The molecule has 0 unspecified atom stereocenters. The van der Waals surface area contributed by atoms with Gasteiger partial charge in [-0.05, 0) is 50.0 Å². The highest BCUT2D eigenvalue weighted by molar-refractivity contribution is 5.81. The molecule has 1 aliphatic rings. The van der Waals surface area contributed by atoms with Crippen LogP contribution in [0.4, 0.5) is 0 Å². The Kier molecular flexibility index (Phi) is 7.56. The smallest absolute Gasteiger partial charge is 0.237 e. The summed E-state index contributed by atoms with van der Waals surface area (Å²) < 4.78 is 0. The van der Waals surface area contributed by atoms with Crippen LogP contribution in [0.1, 0.15) is 50.7 Å². The molecule has 1 aromatic rings. The summed E-state index contributed by atoms with van der Waals surface area (Å²) in [6.45, 7) is 9.24. The lowest BCUT2D eigenvalue weighted by atomic mass is 10.1. The molecule has 0 saturated carbocycles. The van der Waals surface area contributed by atoms with E-state index >= 15 is 0 Å². The number of rotatable bonds is 9. The molecule has 0 spiro atoms. The van der Waals surface area contributed by atoms with Gasteiger partial charge in [-0.3, -0.25) is 9.69 Å². The van der Waals surface area contributed by atoms with Crippen LogP contribution < -0.4 is 10.6 Å². The molecule has 0 radical (unpaired) electrons. The lowest BCUT2D eigenvalue weighted by molar-refractivity contribution is -0.122. The quantitative estimate of drug-likeness (QED) is 0.736. The standard InChI is InChI=1S/C19H31N3O/c1-3-5-12-22(4-2)15-17-9-6-8-16(13-17)14-21-19(23)18-10-7-11-20-18/h6,8-9,13,18,20H,3-5,7,10-12,14-15H2,1-2H3,(H,21,23)/t18-/m0/s1. The molecule has 1 aliphatic heterocycles. The summed E-state index contributed by atoms with van der Waals surface area (Å²) in [7, 11) is 0. The van der Waals surface area contributed by atoms with Gasteiger partial charge in [-0.25, -0.2) is 0 Å². The van der Waals surface area contributed by atoms with Gasteiger partial charge < -0.3 is 10.6 Å². The molecule has 0 aliphatic carbocycles. The van der Waals surface area contributed by atoms with Crippen LogP contribution in [-0.4, -0.2) is 36.5 Å². The number of benzene rings is 1. The van der Waals surface area contributed by atoms with E-state index in [1.54, 1.807) is 0 Å². The minimum atomic E-state index is 0.00260. The molecular formula is C19H31N3O. The third-order valence-corrected chi connectivity index (χ3v) is 4.52. The Morgan fingerprint density at radius 1 is 1.35 bits per heavy atom. The molecule has 1 saturated heterocycles. The van der Waals surface area contributed by atoms with E-state index in [0.29, 0.717) is 6.54 Å². The summed E-state index contributed by atoms with van der Waals surface area (Å²) >= 11 is 0. The van der Waals surface area contributed by atoms with Crippen molar-refractivity contribution >= 4 is 5.91 Å². The van der Waals surface area contributed by atoms with Gasteiger partial charge in [0, 0.05) is 13.1 Å². The van der Waals surface area contributed by atoms with Crippen molar-refractivity contribution in [3.8, 4) is 0 Å². The van der Waals surface area contributed by atoms with Crippen LogP contribution in [0.5, 0.6) is 0 Å². The van der Waals surface area contributed by atoms with Crippen LogP contribution in [0.15, 0.2) is 24.3 Å². The van der Waals surface area contributed by atoms with Crippen LogP contribution in [0.3, 0.4) is 0 Å². The van der Waals surface area contributed by atoms with E-state index in [2.05, 4.69) is 53.6 Å². The Morgan fingerprint density at radius 3 is 2.87 bits per heavy atom. The maximum Gasteiger partial charge on any atom is 0.237 e. The molecule has 1 amide bonds. The number of hydrogen-bond donors (Lipinski definition) is 2. The summed E-state index contributed by atoms with van der Waals surface area (Å²) in [5, 5.41) is 6.29. The minimum Gasteiger partial charge on any atom is -0.351 e. The highest BCUT2D eigenvalue weighted by Gasteiger charge is 2.21. The summed E-state index contributed by atoms with van der Waals surface area (Å²) in [5.41, 5.74) is 2.51. The number of carbonyl (C=O) groups excluding carboxylic acids is 1. The fourth-order valence-corrected chi connectivity index (χ4v) is 3.05. The Balaban J connectivity index is 1.84. The lowest BCUT2D eigenvalue weighted by Crippen LogP contribution is -2.40. The van der Waals surface area contributed by atoms with Crippen LogP contribution in [0.2, 0.25) is 0 Å². The Hall–Kier alpha value is -1.39. The van der Waals surface area contributed by atoms with Gasteiger partial charge in [0.2, 0.25) is 5.91 Å². The van der Waals surface area contributed by atoms with Gasteiger partial charge in [-0.15, -0.1) is 0 Å². The van der Waals surface area contributed by atoms with Crippen LogP contribution >= 0.6 is 0 Å². The number of unbranched alkanes of at least 4 members (excludes halogenated alkanes) is 1. The Morgan fingerprint density at radius 2 is 2.17 bits per heavy atom. The van der Waals surface area contributed by atoms with E-state index in [-0.39, 0.29) is 11.9 Å². The number of nitrogens with one attached hydrogen (secondary N) is 2. The second-order valence-corrected chi connectivity index (χ2v) is 6.41. The van der Waals surface area contributed by atoms with Gasteiger partial charge in [-0.1, -0.05) is 44.5 Å². The highest BCUT2D eigenvalue weighted by atomic mass is 16.2. The Labute approximate surface area is 140 Å². The summed E-state index contributed by atoms with van der Waals surface area (Å²) in [4.78, 5) is 14.5. The van der Waals surface area contributed by atoms with Crippen molar-refractivity contribution in [2.24, 2.45) is 0 Å². The first kappa shape index (κ1) is 18.0. The summed E-state index contributed by atoms with van der Waals surface area (Å²) in [6, 6.07) is 8.59. The van der Waals surface area contributed by atoms with Gasteiger partial charge in [0.15, 0.2) is 0 Å². The van der Waals surface area contributed by atoms with Gasteiger partial charge in [-0.2, -0.15) is 0 Å². The third-order valence-electron chi connectivity index (χ3n) is 4.52. The van der Waals surface area contributed by atoms with Crippen molar-refractivity contribution in [3.63, 3.8) is 0 Å². The van der Waals surface area contributed by atoms with Gasteiger partial charge in [0.05, 0.1) is 6.04 Å². The second kappa shape index (κ2) is 9.68. The Bertz CT molecular complexity index is 483. The van der Waals surface area contributed by atoms with Crippen molar-refractivity contribution in [2.45, 2.75) is 58.7 Å². The zero-order valence-corrected chi connectivity index (χ0v) is 14.6. The topological polar surface area (TPSA) is 44.4 Å². The number of nitrogens with zero attached hydrogens (tertiary/aromatic N) is 1. The van der Waals surface area contributed by atoms with E-state index in [1.807, 2.05) is 0 Å². The predicted molar refractivity (Wildman–Crippen MR) is 95.2 cm³/mol. The van der Waals surface area contributed by atoms with E-state index in [1.165, 1.54) is 24.0 Å². The van der Waals surface area contributed by atoms with Gasteiger partial charge in [0.1, 0.15) is 0 Å². The first-order chi connectivity index (χ1) is 11.2. The monoisotopic (exact) mass is 317 g/mol. The fraction of sp³-hybridized carbons (Fsp3) is 0.632. The van der Waals surface area contributed by atoms with Gasteiger partial charge >= 0.3 is 0 Å². The molecule has 23 heavy (non-hydrogen) atoms. The molecule has 1 aromatic carbocycles. The zero-order valence-electron chi connectivity index (χ0n) is 14.6. The molecule has 2 rings (SSSR count). The van der Waals surface area contributed by atoms with Crippen LogP contribution in [0.25, 0.3) is 0 Å². The van der Waals surface area contributed by atoms with Crippen LogP contribution in [-0.2, 0) is 17.9 Å². The zero-order chi connectivity index (χ0) is 16.5. The van der Waals surface area contributed by atoms with Crippen molar-refractivity contribution in [1.29, 1.82) is 0 Å². The van der Waals surface area contributed by atoms with Crippen molar-refractivity contribution in [1.82, 2.24) is 15.5 Å². The van der Waals surface area contributed by atoms with Crippen molar-refractivity contribution in [3.05, 3.63) is 35.4 Å². The highest BCUT2D eigenvalue weighted by Crippen LogP contribution is 2.10. The van der Waals surface area contributed by atoms with E-state index in [0.717, 1.165) is 39.0 Å². The van der Waals surface area contributed by atoms with Crippen molar-refractivity contribution < 1.29 is 4.79 Å². The maximum absolute atomic E-state index is 12.1. The largest absolute Gasteiger partial charge is 0.351 e. The van der Waals surface area contributed by atoms with Gasteiger partial charge in [0.25, 0.3) is 0 Å². The average molecular weight is 317 g/mol. The normalized spacial score (nSPS) is 17.6. The summed E-state index contributed by atoms with van der Waals surface area (Å²) in [6.07, 6.45) is 4.53. The molecule has 2 N–H and O–H groups in total. The first-order valence-electron chi connectivity index (χ1n) is 9.04. The number of amides is 1. The molecule has 1 atom stereocenters. The lowest BCUT2D eigenvalue weighted by Gasteiger charge is -2.20. The molecule has 4 nitrogen and oxygen atoms in total. The maximum atomic E-state index is 12.1. The number of carbonyl (C=O) groups is 1. The van der Waals surface area contributed by atoms with E-state index < -0.39 is 0 Å². The average Bonchev–Trinajstić information content (AvgIpc) is 3.11. The molecule has 1 fully saturated rings. The molecular weight excluding hydrogens is 286 g/mol. The minimum absolute atomic E-state index is 0.00260. The van der Waals surface area contributed by atoms with Crippen LogP contribution in [0, 0.1) is 0 Å². The first-order valence-corrected chi connectivity index (χ1v) is 9.04. The summed E-state index contributed by atoms with van der Waals surface area (Å²) in [5.74, 6) is 0.131. The van der Waals surface area contributed by atoms with E-state index in [4.69, 9.17) is 0 Å². The molecule has 0 bridgehead atoms. The second-order valence-electron chi connectivity index (χ2n) is 6.41. The SMILES string of the molecule is CCCCN(CC)Cc1cccc(CNC(=O)[C@@H]2CCCN2)c1. The molecule has 0 aromatic heterocycles. The fourth-order valence-electron chi connectivity index (χ4n) is 3.05. The third kappa shape index (κ3) is 5.96. The van der Waals surface area contributed by atoms with Crippen molar-refractivity contribution in [2.75, 3.05) is 19.6 Å². The molecule has 1 heterocycles. The molecule has 128 valence electrons. The molecule has 4 heteroatoms.